The van der Waals surface area contributed by atoms with E-state index in [1.807, 2.05) is 0 Å². The van der Waals surface area contributed by atoms with Crippen molar-refractivity contribution in [2.24, 2.45) is 5.10 Å². The molecular formula is C13H11ClN2O2S. The first-order valence-corrected chi connectivity index (χ1v) is 7.35. The zero-order valence-corrected chi connectivity index (χ0v) is 11.4. The number of halogens is 1. The molecule has 0 fully saturated rings. The van der Waals surface area contributed by atoms with Crippen LogP contribution in [0.2, 0.25) is 5.02 Å². The zero-order chi connectivity index (χ0) is 13.7. The highest BCUT2D eigenvalue weighted by atomic mass is 35.5. The molecule has 0 atom stereocenters. The molecule has 4 nitrogen and oxygen atoms in total. The van der Waals surface area contributed by atoms with Crippen molar-refractivity contribution in [3.05, 3.63) is 59.6 Å². The third-order valence-electron chi connectivity index (χ3n) is 2.30. The Morgan fingerprint density at radius 2 is 1.63 bits per heavy atom. The second kappa shape index (κ2) is 5.86. The maximum absolute atomic E-state index is 11.9. The predicted octanol–water partition coefficient (Wildman–Crippen LogP) is 3.17. The van der Waals surface area contributed by atoms with E-state index in [-0.39, 0.29) is 4.90 Å². The molecule has 0 unspecified atom stereocenters. The number of nitrogens with one attached hydrogen (secondary N) is 1. The van der Waals surface area contributed by atoms with Crippen molar-refractivity contribution in [2.75, 3.05) is 5.43 Å². The minimum Gasteiger partial charge on any atom is -0.278 e. The Balaban J connectivity index is 2.09. The van der Waals surface area contributed by atoms with Crippen LogP contribution in [0.25, 0.3) is 0 Å². The molecule has 0 aliphatic rings. The lowest BCUT2D eigenvalue weighted by Gasteiger charge is -2.00. The van der Waals surface area contributed by atoms with Crippen LogP contribution in [0.15, 0.2) is 64.6 Å². The Bertz CT molecular complexity index is 668. The van der Waals surface area contributed by atoms with Gasteiger partial charge in [-0.15, -0.1) is 0 Å². The maximum Gasteiger partial charge on any atom is 0.218 e. The second-order valence-electron chi connectivity index (χ2n) is 3.71. The fourth-order valence-electron chi connectivity index (χ4n) is 1.37. The van der Waals surface area contributed by atoms with Crippen LogP contribution in [0, 0.1) is 0 Å². The van der Waals surface area contributed by atoms with Crippen LogP contribution in [0.5, 0.6) is 0 Å². The Labute approximate surface area is 116 Å². The van der Waals surface area contributed by atoms with E-state index in [1.165, 1.54) is 12.1 Å². The number of hydrazone groups is 1. The van der Waals surface area contributed by atoms with E-state index in [1.54, 1.807) is 42.5 Å². The van der Waals surface area contributed by atoms with Gasteiger partial charge in [-0.05, 0) is 36.4 Å². The second-order valence-corrected chi connectivity index (χ2v) is 5.92. The number of nitrogens with zero attached hydrogens (tertiary/aromatic N) is 1. The van der Waals surface area contributed by atoms with Crippen molar-refractivity contribution in [3.63, 3.8) is 0 Å². The van der Waals surface area contributed by atoms with Gasteiger partial charge in [-0.1, -0.05) is 29.8 Å². The SMILES string of the molecule is O=S(=O)(/C=N/Nc1ccc(Cl)cc1)c1ccccc1. The minimum absolute atomic E-state index is 0.205. The van der Waals surface area contributed by atoms with E-state index < -0.39 is 9.84 Å². The Hall–Kier alpha value is -1.85. The zero-order valence-electron chi connectivity index (χ0n) is 9.82. The number of rotatable bonds is 4. The molecule has 0 radical (unpaired) electrons. The molecule has 19 heavy (non-hydrogen) atoms. The first-order valence-electron chi connectivity index (χ1n) is 5.43. The molecule has 6 heteroatoms. The lowest BCUT2D eigenvalue weighted by molar-refractivity contribution is 0.608. The lowest BCUT2D eigenvalue weighted by Crippen LogP contribution is -2.03. The van der Waals surface area contributed by atoms with Crippen molar-refractivity contribution in [2.45, 2.75) is 4.90 Å². The number of anilines is 1. The minimum atomic E-state index is -3.52. The Kier molecular flexibility index (Phi) is 4.19. The van der Waals surface area contributed by atoms with E-state index in [4.69, 9.17) is 11.6 Å². The summed E-state index contributed by atoms with van der Waals surface area (Å²) in [5, 5.41) is 4.32. The Morgan fingerprint density at radius 3 is 2.26 bits per heavy atom. The summed E-state index contributed by atoms with van der Waals surface area (Å²) in [4.78, 5) is 0.205. The van der Waals surface area contributed by atoms with E-state index in [2.05, 4.69) is 10.5 Å². The molecule has 0 spiro atoms. The van der Waals surface area contributed by atoms with Gasteiger partial charge in [0.2, 0.25) is 9.84 Å². The van der Waals surface area contributed by atoms with Crippen molar-refractivity contribution < 1.29 is 8.42 Å². The molecule has 1 N–H and O–H groups in total. The van der Waals surface area contributed by atoms with Gasteiger partial charge in [0.15, 0.2) is 0 Å². The Morgan fingerprint density at radius 1 is 1.00 bits per heavy atom. The molecule has 2 aromatic rings. The highest BCUT2D eigenvalue weighted by molar-refractivity contribution is 8.04. The molecule has 2 rings (SSSR count). The summed E-state index contributed by atoms with van der Waals surface area (Å²) in [6.45, 7) is 0. The first kappa shape index (κ1) is 13.6. The summed E-state index contributed by atoms with van der Waals surface area (Å²) < 4.78 is 23.7. The molecule has 0 amide bonds. The number of sulfone groups is 1. The van der Waals surface area contributed by atoms with Crippen LogP contribution >= 0.6 is 11.6 Å². The highest BCUT2D eigenvalue weighted by Gasteiger charge is 2.09. The number of hydrogen-bond donors (Lipinski definition) is 1. The van der Waals surface area contributed by atoms with E-state index in [0.717, 1.165) is 5.55 Å². The van der Waals surface area contributed by atoms with Gasteiger partial charge in [-0.25, -0.2) is 8.42 Å². The van der Waals surface area contributed by atoms with E-state index in [0.29, 0.717) is 10.7 Å². The third kappa shape index (κ3) is 3.81. The fourth-order valence-corrected chi connectivity index (χ4v) is 2.34. The van der Waals surface area contributed by atoms with Crippen LogP contribution in [0.3, 0.4) is 0 Å². The summed E-state index contributed by atoms with van der Waals surface area (Å²) in [5.41, 5.74) is 4.17. The van der Waals surface area contributed by atoms with E-state index >= 15 is 0 Å². The van der Waals surface area contributed by atoms with Gasteiger partial charge in [0, 0.05) is 5.02 Å². The van der Waals surface area contributed by atoms with Gasteiger partial charge in [0.1, 0.15) is 5.55 Å². The van der Waals surface area contributed by atoms with Crippen molar-refractivity contribution in [1.29, 1.82) is 0 Å². The quantitative estimate of drug-likeness (QED) is 0.535. The predicted molar refractivity (Wildman–Crippen MR) is 77.2 cm³/mol. The normalized spacial score (nSPS) is 11.6. The average molecular weight is 295 g/mol. The first-order chi connectivity index (χ1) is 9.08. The summed E-state index contributed by atoms with van der Waals surface area (Å²) >= 11 is 5.74. The maximum atomic E-state index is 11.9. The van der Waals surface area contributed by atoms with Crippen molar-refractivity contribution in [3.8, 4) is 0 Å². The van der Waals surface area contributed by atoms with Crippen LogP contribution in [-0.2, 0) is 9.84 Å². The van der Waals surface area contributed by atoms with Crippen molar-refractivity contribution >= 4 is 32.7 Å². The standard InChI is InChI=1S/C13H11ClN2O2S/c14-11-6-8-12(9-7-11)16-15-10-19(17,18)13-4-2-1-3-5-13/h1-10,16H/b15-10+. The summed E-state index contributed by atoms with van der Waals surface area (Å²) in [7, 11) is -3.52. The molecule has 2 aromatic carbocycles. The lowest BCUT2D eigenvalue weighted by atomic mass is 10.3. The summed E-state index contributed by atoms with van der Waals surface area (Å²) in [6.07, 6.45) is 0. The third-order valence-corrected chi connectivity index (χ3v) is 3.87. The van der Waals surface area contributed by atoms with Crippen LogP contribution in [0.1, 0.15) is 0 Å². The molecule has 0 heterocycles. The van der Waals surface area contributed by atoms with Crippen LogP contribution < -0.4 is 5.43 Å². The fraction of sp³-hybridized carbons (Fsp3) is 0. The molecule has 0 aromatic heterocycles. The van der Waals surface area contributed by atoms with Gasteiger partial charge >= 0.3 is 0 Å². The molecule has 0 aliphatic carbocycles. The van der Waals surface area contributed by atoms with E-state index in [9.17, 15) is 8.42 Å². The highest BCUT2D eigenvalue weighted by Crippen LogP contribution is 2.13. The van der Waals surface area contributed by atoms with Gasteiger partial charge in [-0.2, -0.15) is 5.10 Å². The summed E-state index contributed by atoms with van der Waals surface area (Å²) in [6, 6.07) is 14.9. The molecule has 98 valence electrons. The molecule has 0 saturated heterocycles. The largest absolute Gasteiger partial charge is 0.278 e. The van der Waals surface area contributed by atoms with Gasteiger partial charge in [-0.3, -0.25) is 5.43 Å². The van der Waals surface area contributed by atoms with Gasteiger partial charge in [0.05, 0.1) is 10.6 Å². The van der Waals surface area contributed by atoms with Crippen LogP contribution in [-0.4, -0.2) is 14.0 Å². The smallest absolute Gasteiger partial charge is 0.218 e. The molecule has 0 bridgehead atoms. The number of benzene rings is 2. The topological polar surface area (TPSA) is 58.5 Å². The molecule has 0 aliphatic heterocycles. The monoisotopic (exact) mass is 294 g/mol. The van der Waals surface area contributed by atoms with Gasteiger partial charge in [0.25, 0.3) is 0 Å². The average Bonchev–Trinajstić information content (AvgIpc) is 2.42. The van der Waals surface area contributed by atoms with Crippen LogP contribution in [0.4, 0.5) is 5.69 Å². The molecule has 0 saturated carbocycles. The van der Waals surface area contributed by atoms with Crippen molar-refractivity contribution in [1.82, 2.24) is 0 Å². The van der Waals surface area contributed by atoms with Gasteiger partial charge < -0.3 is 0 Å². The summed E-state index contributed by atoms with van der Waals surface area (Å²) in [5.74, 6) is 0. The molecular weight excluding hydrogens is 284 g/mol. The number of hydrogen-bond acceptors (Lipinski definition) is 4.